The lowest BCUT2D eigenvalue weighted by molar-refractivity contribution is -0.0327. The zero-order valence-corrected chi connectivity index (χ0v) is 11.4. The predicted octanol–water partition coefficient (Wildman–Crippen LogP) is 3.02. The fourth-order valence-electron chi connectivity index (χ4n) is 1.50. The molecule has 0 bridgehead atoms. The summed E-state index contributed by atoms with van der Waals surface area (Å²) in [6.45, 7) is 1.76. The summed E-state index contributed by atoms with van der Waals surface area (Å²) >= 11 is -0.144. The molecule has 1 aromatic carbocycles. The van der Waals surface area contributed by atoms with Crippen LogP contribution in [-0.4, -0.2) is 30.8 Å². The maximum absolute atomic E-state index is 11.9. The lowest BCUT2D eigenvalue weighted by Crippen LogP contribution is -2.27. The van der Waals surface area contributed by atoms with Gasteiger partial charge in [0.05, 0.1) is 0 Å². The molecule has 0 saturated carbocycles. The molecule has 0 saturated heterocycles. The molecule has 0 aromatic heterocycles. The van der Waals surface area contributed by atoms with E-state index in [1.165, 1.54) is 0 Å². The first-order valence-electron chi connectivity index (χ1n) is 5.61. The molecule has 0 unspecified atom stereocenters. The van der Waals surface area contributed by atoms with Crippen molar-refractivity contribution < 1.29 is 18.0 Å². The summed E-state index contributed by atoms with van der Waals surface area (Å²) in [5.41, 5.74) is -2.14. The van der Waals surface area contributed by atoms with E-state index in [1.54, 1.807) is 32.2 Å². The van der Waals surface area contributed by atoms with Gasteiger partial charge in [-0.05, 0) is 42.4 Å². The van der Waals surface area contributed by atoms with Gasteiger partial charge in [-0.2, -0.15) is 13.2 Å². The standard InChI is InChI=1S/C12H15F3N2OS/c1-8-7-9(16-2)3-4-10(8)11(18)17-5-6-19-12(13,14)15/h3-4,7,16H,5-6H2,1-2H3,(H,17,18). The molecule has 1 rings (SSSR count). The Labute approximate surface area is 114 Å². The number of nitrogens with one attached hydrogen (secondary N) is 2. The minimum absolute atomic E-state index is 0.0176. The van der Waals surface area contributed by atoms with Crippen molar-refractivity contribution in [1.29, 1.82) is 0 Å². The van der Waals surface area contributed by atoms with E-state index in [2.05, 4.69) is 10.6 Å². The number of halogens is 3. The predicted molar refractivity (Wildman–Crippen MR) is 71.6 cm³/mol. The lowest BCUT2D eigenvalue weighted by atomic mass is 10.1. The number of hydrogen-bond acceptors (Lipinski definition) is 3. The highest BCUT2D eigenvalue weighted by molar-refractivity contribution is 8.00. The molecule has 0 heterocycles. The quantitative estimate of drug-likeness (QED) is 0.820. The first kappa shape index (κ1) is 15.7. The number of carbonyl (C=O) groups is 1. The normalized spacial score (nSPS) is 11.2. The van der Waals surface area contributed by atoms with Gasteiger partial charge in [0, 0.05) is 30.6 Å². The molecule has 0 radical (unpaired) electrons. The number of aryl methyl sites for hydroxylation is 1. The van der Waals surface area contributed by atoms with Crippen LogP contribution in [0, 0.1) is 6.92 Å². The Morgan fingerprint density at radius 1 is 1.37 bits per heavy atom. The van der Waals surface area contributed by atoms with Crippen molar-refractivity contribution in [1.82, 2.24) is 5.32 Å². The van der Waals surface area contributed by atoms with E-state index in [0.717, 1.165) is 11.3 Å². The number of rotatable bonds is 5. The molecule has 2 N–H and O–H groups in total. The van der Waals surface area contributed by atoms with Crippen LogP contribution in [0.5, 0.6) is 0 Å². The van der Waals surface area contributed by atoms with Crippen LogP contribution < -0.4 is 10.6 Å². The van der Waals surface area contributed by atoms with Gasteiger partial charge in [-0.3, -0.25) is 4.79 Å². The monoisotopic (exact) mass is 292 g/mol. The average molecular weight is 292 g/mol. The van der Waals surface area contributed by atoms with E-state index >= 15 is 0 Å². The van der Waals surface area contributed by atoms with Crippen molar-refractivity contribution in [3.63, 3.8) is 0 Å². The van der Waals surface area contributed by atoms with Crippen LogP contribution in [-0.2, 0) is 0 Å². The summed E-state index contributed by atoms with van der Waals surface area (Å²) in [7, 11) is 1.77. The average Bonchev–Trinajstić information content (AvgIpc) is 2.33. The Hall–Kier alpha value is -1.37. The Morgan fingerprint density at radius 2 is 2.05 bits per heavy atom. The maximum Gasteiger partial charge on any atom is 0.441 e. The maximum atomic E-state index is 11.9. The van der Waals surface area contributed by atoms with Crippen molar-refractivity contribution in [2.45, 2.75) is 12.4 Å². The summed E-state index contributed by atoms with van der Waals surface area (Å²) in [4.78, 5) is 11.8. The smallest absolute Gasteiger partial charge is 0.388 e. The molecule has 0 spiro atoms. The summed E-state index contributed by atoms with van der Waals surface area (Å²) in [5.74, 6) is -0.550. The second-order valence-electron chi connectivity index (χ2n) is 3.83. The minimum atomic E-state index is -4.25. The molecule has 0 aliphatic carbocycles. The summed E-state index contributed by atoms with van der Waals surface area (Å²) in [6.07, 6.45) is 0. The Balaban J connectivity index is 2.50. The first-order valence-corrected chi connectivity index (χ1v) is 6.59. The van der Waals surface area contributed by atoms with Crippen molar-refractivity contribution >= 4 is 23.4 Å². The third-order valence-electron chi connectivity index (χ3n) is 2.41. The highest BCUT2D eigenvalue weighted by atomic mass is 32.2. The molecular weight excluding hydrogens is 277 g/mol. The number of carbonyl (C=O) groups excluding carboxylic acids is 1. The van der Waals surface area contributed by atoms with Gasteiger partial charge in [0.25, 0.3) is 5.91 Å². The van der Waals surface area contributed by atoms with Crippen molar-refractivity contribution in [2.75, 3.05) is 24.7 Å². The number of amides is 1. The third-order valence-corrected chi connectivity index (χ3v) is 3.15. The molecule has 0 aliphatic rings. The lowest BCUT2D eigenvalue weighted by Gasteiger charge is -2.10. The van der Waals surface area contributed by atoms with Crippen LogP contribution in [0.2, 0.25) is 0 Å². The van der Waals surface area contributed by atoms with Crippen LogP contribution >= 0.6 is 11.8 Å². The summed E-state index contributed by atoms with van der Waals surface area (Å²) in [6, 6.07) is 5.19. The van der Waals surface area contributed by atoms with Crippen molar-refractivity contribution in [2.24, 2.45) is 0 Å². The number of hydrogen-bond donors (Lipinski definition) is 2. The van der Waals surface area contributed by atoms with Crippen molar-refractivity contribution in [3.05, 3.63) is 29.3 Å². The molecule has 0 aliphatic heterocycles. The summed E-state index contributed by atoms with van der Waals surface area (Å²) < 4.78 is 35.7. The summed E-state index contributed by atoms with van der Waals surface area (Å²) in [5, 5.41) is 5.41. The Morgan fingerprint density at radius 3 is 2.58 bits per heavy atom. The largest absolute Gasteiger partial charge is 0.441 e. The number of benzene rings is 1. The molecule has 1 aromatic rings. The van der Waals surface area contributed by atoms with Crippen LogP contribution in [0.3, 0.4) is 0 Å². The van der Waals surface area contributed by atoms with Crippen LogP contribution in [0.15, 0.2) is 18.2 Å². The van der Waals surface area contributed by atoms with Gasteiger partial charge in [0.1, 0.15) is 0 Å². The fraction of sp³-hybridized carbons (Fsp3) is 0.417. The SMILES string of the molecule is CNc1ccc(C(=O)NCCSC(F)(F)F)c(C)c1. The van der Waals surface area contributed by atoms with Gasteiger partial charge < -0.3 is 10.6 Å². The van der Waals surface area contributed by atoms with Gasteiger partial charge in [0.15, 0.2) is 0 Å². The highest BCUT2D eigenvalue weighted by Gasteiger charge is 2.27. The number of thioether (sulfide) groups is 1. The Kier molecular flexibility index (Phi) is 5.53. The third kappa shape index (κ3) is 5.42. The van der Waals surface area contributed by atoms with Gasteiger partial charge in [-0.25, -0.2) is 0 Å². The van der Waals surface area contributed by atoms with E-state index in [0.29, 0.717) is 5.56 Å². The van der Waals surface area contributed by atoms with Gasteiger partial charge in [0.2, 0.25) is 0 Å². The molecule has 0 atom stereocenters. The first-order chi connectivity index (χ1) is 8.83. The van der Waals surface area contributed by atoms with Crippen LogP contribution in [0.25, 0.3) is 0 Å². The molecule has 1 amide bonds. The Bertz CT molecular complexity index is 449. The molecule has 3 nitrogen and oxygen atoms in total. The van der Waals surface area contributed by atoms with E-state index in [4.69, 9.17) is 0 Å². The zero-order chi connectivity index (χ0) is 14.5. The second kappa shape index (κ2) is 6.70. The molecular formula is C12H15F3N2OS. The number of alkyl halides is 3. The van der Waals surface area contributed by atoms with Gasteiger partial charge in [-0.1, -0.05) is 0 Å². The highest BCUT2D eigenvalue weighted by Crippen LogP contribution is 2.29. The second-order valence-corrected chi connectivity index (χ2v) is 4.99. The molecule has 19 heavy (non-hydrogen) atoms. The van der Waals surface area contributed by atoms with E-state index in [1.807, 2.05) is 0 Å². The van der Waals surface area contributed by atoms with Gasteiger partial charge >= 0.3 is 5.51 Å². The van der Waals surface area contributed by atoms with E-state index < -0.39 is 5.51 Å². The molecule has 0 fully saturated rings. The minimum Gasteiger partial charge on any atom is -0.388 e. The van der Waals surface area contributed by atoms with Crippen LogP contribution in [0.1, 0.15) is 15.9 Å². The van der Waals surface area contributed by atoms with E-state index in [-0.39, 0.29) is 30.0 Å². The molecule has 7 heteroatoms. The fourth-order valence-corrected chi connectivity index (χ4v) is 1.94. The zero-order valence-electron chi connectivity index (χ0n) is 10.6. The number of anilines is 1. The van der Waals surface area contributed by atoms with Crippen LogP contribution in [0.4, 0.5) is 18.9 Å². The van der Waals surface area contributed by atoms with Crippen molar-refractivity contribution in [3.8, 4) is 0 Å². The van der Waals surface area contributed by atoms with Gasteiger partial charge in [-0.15, -0.1) is 0 Å². The van der Waals surface area contributed by atoms with E-state index in [9.17, 15) is 18.0 Å². The topological polar surface area (TPSA) is 41.1 Å². The molecule has 106 valence electrons.